The molecule has 0 saturated carbocycles. The highest BCUT2D eigenvalue weighted by molar-refractivity contribution is 6.00. The van der Waals surface area contributed by atoms with Crippen molar-refractivity contribution >= 4 is 11.8 Å². The van der Waals surface area contributed by atoms with Gasteiger partial charge in [0, 0.05) is 5.56 Å². The zero-order valence-corrected chi connectivity index (χ0v) is 15.2. The van der Waals surface area contributed by atoms with E-state index in [9.17, 15) is 9.59 Å². The molecule has 0 aliphatic carbocycles. The van der Waals surface area contributed by atoms with E-state index >= 15 is 0 Å². The first-order chi connectivity index (χ1) is 13.0. The number of rotatable bonds is 7. The topological polar surface area (TPSA) is 65.7 Å². The van der Waals surface area contributed by atoms with Gasteiger partial charge in [-0.3, -0.25) is 4.79 Å². The quantitative estimate of drug-likeness (QED) is 0.456. The van der Waals surface area contributed by atoms with Crippen LogP contribution in [0, 0.1) is 13.8 Å². The number of ketones is 1. The fourth-order valence-electron chi connectivity index (χ4n) is 2.55. The summed E-state index contributed by atoms with van der Waals surface area (Å²) in [4.78, 5) is 24.4. The van der Waals surface area contributed by atoms with E-state index in [1.807, 2.05) is 56.3 Å². The molecule has 0 radical (unpaired) electrons. The van der Waals surface area contributed by atoms with E-state index in [-0.39, 0.29) is 24.8 Å². The van der Waals surface area contributed by atoms with Crippen molar-refractivity contribution in [2.45, 2.75) is 20.5 Å². The SMILES string of the molecule is Cc1ccc(C)c(C(=O)COC(=O)c2ccc(COc3ccccc3)o2)c1. The number of hydrogen-bond acceptors (Lipinski definition) is 5. The second-order valence-electron chi connectivity index (χ2n) is 6.19. The minimum atomic E-state index is -0.681. The Morgan fingerprint density at radius 3 is 2.52 bits per heavy atom. The summed E-state index contributed by atoms with van der Waals surface area (Å²) in [5.41, 5.74) is 2.38. The lowest BCUT2D eigenvalue weighted by atomic mass is 10.0. The molecule has 1 heterocycles. The molecular formula is C22H20O5. The van der Waals surface area contributed by atoms with Gasteiger partial charge in [-0.1, -0.05) is 35.9 Å². The van der Waals surface area contributed by atoms with Crippen LogP contribution in [0.15, 0.2) is 65.1 Å². The number of carbonyl (C=O) groups excluding carboxylic acids is 2. The van der Waals surface area contributed by atoms with Crippen LogP contribution in [0.3, 0.4) is 0 Å². The van der Waals surface area contributed by atoms with Crippen molar-refractivity contribution in [1.82, 2.24) is 0 Å². The van der Waals surface area contributed by atoms with E-state index in [1.54, 1.807) is 12.1 Å². The molecule has 0 N–H and O–H groups in total. The lowest BCUT2D eigenvalue weighted by Gasteiger charge is -2.07. The third-order valence-corrected chi connectivity index (χ3v) is 4.01. The average Bonchev–Trinajstić information content (AvgIpc) is 3.16. The number of para-hydroxylation sites is 1. The highest BCUT2D eigenvalue weighted by Crippen LogP contribution is 2.15. The molecule has 1 aromatic heterocycles. The lowest BCUT2D eigenvalue weighted by Crippen LogP contribution is -2.15. The molecule has 5 nitrogen and oxygen atoms in total. The summed E-state index contributed by atoms with van der Waals surface area (Å²) in [5, 5.41) is 0. The molecule has 0 bridgehead atoms. The van der Waals surface area contributed by atoms with Crippen LogP contribution in [0.25, 0.3) is 0 Å². The number of furan rings is 1. The third kappa shape index (κ3) is 4.85. The number of benzene rings is 2. The normalized spacial score (nSPS) is 10.4. The molecule has 0 spiro atoms. The molecular weight excluding hydrogens is 344 g/mol. The summed E-state index contributed by atoms with van der Waals surface area (Å²) in [6.45, 7) is 3.61. The average molecular weight is 364 g/mol. The van der Waals surface area contributed by atoms with Gasteiger partial charge in [-0.15, -0.1) is 0 Å². The van der Waals surface area contributed by atoms with Gasteiger partial charge in [0.2, 0.25) is 11.5 Å². The number of esters is 1. The van der Waals surface area contributed by atoms with Gasteiger partial charge in [-0.05, 0) is 49.7 Å². The molecule has 0 atom stereocenters. The molecule has 138 valence electrons. The molecule has 0 fully saturated rings. The van der Waals surface area contributed by atoms with E-state index < -0.39 is 5.97 Å². The van der Waals surface area contributed by atoms with Crippen LogP contribution < -0.4 is 4.74 Å². The van der Waals surface area contributed by atoms with Crippen LogP contribution in [0.4, 0.5) is 0 Å². The molecule has 0 saturated heterocycles. The van der Waals surface area contributed by atoms with Crippen molar-refractivity contribution in [2.24, 2.45) is 0 Å². The number of Topliss-reactive ketones (excluding diaryl/α,β-unsaturated/α-hetero) is 1. The van der Waals surface area contributed by atoms with Crippen LogP contribution in [0.5, 0.6) is 5.75 Å². The Hall–Kier alpha value is -3.34. The van der Waals surface area contributed by atoms with E-state index in [2.05, 4.69) is 0 Å². The third-order valence-electron chi connectivity index (χ3n) is 4.01. The first-order valence-electron chi connectivity index (χ1n) is 8.57. The second kappa shape index (κ2) is 8.36. The monoisotopic (exact) mass is 364 g/mol. The summed E-state index contributed by atoms with van der Waals surface area (Å²) in [7, 11) is 0. The van der Waals surface area contributed by atoms with Crippen LogP contribution in [0.1, 0.15) is 37.8 Å². The Labute approximate surface area is 157 Å². The number of aryl methyl sites for hydroxylation is 2. The van der Waals surface area contributed by atoms with Gasteiger partial charge in [0.05, 0.1) is 0 Å². The summed E-state index contributed by atoms with van der Waals surface area (Å²) in [5.74, 6) is 0.308. The van der Waals surface area contributed by atoms with Crippen molar-refractivity contribution in [3.05, 3.63) is 88.9 Å². The molecule has 0 amide bonds. The van der Waals surface area contributed by atoms with Crippen molar-refractivity contribution in [3.63, 3.8) is 0 Å². The molecule has 2 aromatic carbocycles. The van der Waals surface area contributed by atoms with Gasteiger partial charge in [0.1, 0.15) is 18.1 Å². The summed E-state index contributed by atoms with van der Waals surface area (Å²) >= 11 is 0. The van der Waals surface area contributed by atoms with Crippen LogP contribution in [-0.2, 0) is 11.3 Å². The molecule has 3 rings (SSSR count). The number of hydrogen-bond donors (Lipinski definition) is 0. The smallest absolute Gasteiger partial charge is 0.374 e. The Balaban J connectivity index is 1.55. The van der Waals surface area contributed by atoms with Gasteiger partial charge < -0.3 is 13.9 Å². The lowest BCUT2D eigenvalue weighted by molar-refractivity contribution is 0.0440. The Bertz CT molecular complexity index is 940. The minimum absolute atomic E-state index is 0.0374. The van der Waals surface area contributed by atoms with Crippen molar-refractivity contribution in [3.8, 4) is 5.75 Å². The van der Waals surface area contributed by atoms with Crippen molar-refractivity contribution in [1.29, 1.82) is 0 Å². The van der Waals surface area contributed by atoms with Crippen LogP contribution in [-0.4, -0.2) is 18.4 Å². The molecule has 3 aromatic rings. The summed E-state index contributed by atoms with van der Waals surface area (Å²) < 4.78 is 16.1. The molecule has 5 heteroatoms. The Morgan fingerprint density at radius 1 is 0.963 bits per heavy atom. The standard InChI is InChI=1S/C22H20O5/c1-15-8-9-16(2)19(12-15)20(23)14-26-22(24)21-11-10-18(27-21)13-25-17-6-4-3-5-7-17/h3-12H,13-14H2,1-2H3. The largest absolute Gasteiger partial charge is 0.486 e. The molecule has 0 aliphatic rings. The van der Waals surface area contributed by atoms with Gasteiger partial charge in [-0.25, -0.2) is 4.79 Å². The van der Waals surface area contributed by atoms with E-state index in [4.69, 9.17) is 13.9 Å². The maximum Gasteiger partial charge on any atom is 0.374 e. The van der Waals surface area contributed by atoms with E-state index in [1.165, 1.54) is 6.07 Å². The van der Waals surface area contributed by atoms with Crippen LogP contribution >= 0.6 is 0 Å². The van der Waals surface area contributed by atoms with Crippen molar-refractivity contribution in [2.75, 3.05) is 6.61 Å². The van der Waals surface area contributed by atoms with E-state index in [0.717, 1.165) is 11.1 Å². The van der Waals surface area contributed by atoms with Gasteiger partial charge in [-0.2, -0.15) is 0 Å². The summed E-state index contributed by atoms with van der Waals surface area (Å²) in [6, 6.07) is 18.0. The van der Waals surface area contributed by atoms with Crippen LogP contribution in [0.2, 0.25) is 0 Å². The van der Waals surface area contributed by atoms with Gasteiger partial charge in [0.15, 0.2) is 6.61 Å². The van der Waals surface area contributed by atoms with Gasteiger partial charge >= 0.3 is 5.97 Å². The van der Waals surface area contributed by atoms with Crippen molar-refractivity contribution < 1.29 is 23.5 Å². The maximum atomic E-state index is 12.3. The fraction of sp³-hybridized carbons (Fsp3) is 0.182. The Kier molecular flexibility index (Phi) is 5.71. The predicted octanol–water partition coefficient (Wildman–Crippen LogP) is 4.52. The molecule has 0 aliphatic heterocycles. The maximum absolute atomic E-state index is 12.3. The second-order valence-corrected chi connectivity index (χ2v) is 6.19. The zero-order valence-electron chi connectivity index (χ0n) is 15.2. The van der Waals surface area contributed by atoms with Gasteiger partial charge in [0.25, 0.3) is 0 Å². The Morgan fingerprint density at radius 2 is 1.74 bits per heavy atom. The van der Waals surface area contributed by atoms with E-state index in [0.29, 0.717) is 17.1 Å². The highest BCUT2D eigenvalue weighted by atomic mass is 16.5. The summed E-state index contributed by atoms with van der Waals surface area (Å²) in [6.07, 6.45) is 0. The first kappa shape index (κ1) is 18.5. The number of ether oxygens (including phenoxy) is 2. The highest BCUT2D eigenvalue weighted by Gasteiger charge is 2.17. The predicted molar refractivity (Wildman–Crippen MR) is 100 cm³/mol. The molecule has 0 unspecified atom stereocenters. The fourth-order valence-corrected chi connectivity index (χ4v) is 2.55. The number of carbonyl (C=O) groups is 2. The minimum Gasteiger partial charge on any atom is -0.486 e. The first-order valence-corrected chi connectivity index (χ1v) is 8.57. The zero-order chi connectivity index (χ0) is 19.2. The molecule has 27 heavy (non-hydrogen) atoms.